The van der Waals surface area contributed by atoms with Crippen molar-refractivity contribution in [3.63, 3.8) is 0 Å². The number of aromatic nitrogens is 2. The topological polar surface area (TPSA) is 46.9 Å². The van der Waals surface area contributed by atoms with Gasteiger partial charge in [-0.25, -0.2) is 4.98 Å². The Morgan fingerprint density at radius 1 is 1.71 bits per heavy atom. The third-order valence-electron chi connectivity index (χ3n) is 1.83. The van der Waals surface area contributed by atoms with Crippen LogP contribution in [0.2, 0.25) is 0 Å². The van der Waals surface area contributed by atoms with Gasteiger partial charge in [0.05, 0.1) is 6.33 Å². The minimum atomic E-state index is -0.00194. The zero-order valence-electron chi connectivity index (χ0n) is 8.36. The fourth-order valence-corrected chi connectivity index (χ4v) is 1.09. The van der Waals surface area contributed by atoms with Gasteiger partial charge >= 0.3 is 0 Å². The first-order valence-corrected chi connectivity index (χ1v) is 4.58. The molecule has 0 aliphatic rings. The molecule has 0 spiro atoms. The third-order valence-corrected chi connectivity index (χ3v) is 1.83. The van der Waals surface area contributed by atoms with Crippen molar-refractivity contribution in [2.45, 2.75) is 13.5 Å². The summed E-state index contributed by atoms with van der Waals surface area (Å²) in [5.41, 5.74) is 0.753. The number of hydrogen-bond acceptors (Lipinski definition) is 3. The highest BCUT2D eigenvalue weighted by atomic mass is 16.1. The lowest BCUT2D eigenvalue weighted by Crippen LogP contribution is -2.27. The van der Waals surface area contributed by atoms with Gasteiger partial charge in [0.25, 0.3) is 5.56 Å². The molecule has 0 aliphatic carbocycles. The summed E-state index contributed by atoms with van der Waals surface area (Å²) in [6, 6.07) is 1.54. The van der Waals surface area contributed by atoms with Gasteiger partial charge in [-0.1, -0.05) is 6.08 Å². The molecule has 0 saturated carbocycles. The van der Waals surface area contributed by atoms with Crippen molar-refractivity contribution in [3.8, 4) is 0 Å². The summed E-state index contributed by atoms with van der Waals surface area (Å²) in [7, 11) is 0. The van der Waals surface area contributed by atoms with E-state index in [4.69, 9.17) is 0 Å². The van der Waals surface area contributed by atoms with E-state index < -0.39 is 0 Å². The molecule has 0 aromatic carbocycles. The number of aryl methyl sites for hydroxylation is 1. The van der Waals surface area contributed by atoms with Crippen LogP contribution in [-0.4, -0.2) is 22.6 Å². The predicted octanol–water partition coefficient (Wildman–Crippen LogP) is 0.327. The minimum absolute atomic E-state index is 0.00194. The summed E-state index contributed by atoms with van der Waals surface area (Å²) in [5, 5.41) is 3.12. The Morgan fingerprint density at radius 3 is 3.14 bits per heavy atom. The number of nitrogens with one attached hydrogen (secondary N) is 1. The van der Waals surface area contributed by atoms with E-state index in [1.807, 2.05) is 6.92 Å². The monoisotopic (exact) mass is 193 g/mol. The van der Waals surface area contributed by atoms with Gasteiger partial charge in [-0.15, -0.1) is 6.58 Å². The normalized spacial score (nSPS) is 10.1. The molecule has 0 amide bonds. The Kier molecular flexibility index (Phi) is 4.07. The van der Waals surface area contributed by atoms with Crippen LogP contribution in [0.4, 0.5) is 0 Å². The lowest BCUT2D eigenvalue weighted by Gasteiger charge is -2.05. The van der Waals surface area contributed by atoms with Gasteiger partial charge < -0.3 is 5.32 Å². The molecule has 76 valence electrons. The largest absolute Gasteiger partial charge is 0.312 e. The molecule has 0 fully saturated rings. The fraction of sp³-hybridized carbons (Fsp3) is 0.400. The van der Waals surface area contributed by atoms with Crippen molar-refractivity contribution in [1.82, 2.24) is 14.9 Å². The molecule has 4 nitrogen and oxygen atoms in total. The molecule has 1 aromatic rings. The summed E-state index contributed by atoms with van der Waals surface area (Å²) in [6.07, 6.45) is 3.36. The van der Waals surface area contributed by atoms with E-state index in [1.54, 1.807) is 17.0 Å². The first kappa shape index (κ1) is 10.7. The zero-order chi connectivity index (χ0) is 10.4. The molecule has 4 heteroatoms. The number of rotatable bonds is 5. The Balaban J connectivity index is 2.51. The lowest BCUT2D eigenvalue weighted by atomic mass is 10.4. The smallest absolute Gasteiger partial charge is 0.253 e. The van der Waals surface area contributed by atoms with Crippen LogP contribution in [0.3, 0.4) is 0 Å². The first-order valence-electron chi connectivity index (χ1n) is 4.58. The van der Waals surface area contributed by atoms with Crippen molar-refractivity contribution in [1.29, 1.82) is 0 Å². The van der Waals surface area contributed by atoms with E-state index in [9.17, 15) is 4.79 Å². The Hall–Kier alpha value is -1.42. The quantitative estimate of drug-likeness (QED) is 0.541. The SMILES string of the molecule is C=CCNCCn1cnc(C)cc1=O. The van der Waals surface area contributed by atoms with Gasteiger partial charge in [-0.05, 0) is 6.92 Å². The molecular formula is C10H15N3O. The van der Waals surface area contributed by atoms with Gasteiger partial charge in [0.15, 0.2) is 0 Å². The third kappa shape index (κ3) is 3.14. The van der Waals surface area contributed by atoms with Crippen LogP contribution in [0.1, 0.15) is 5.69 Å². The second-order valence-corrected chi connectivity index (χ2v) is 3.05. The highest BCUT2D eigenvalue weighted by molar-refractivity contribution is 4.95. The van der Waals surface area contributed by atoms with E-state index in [0.717, 1.165) is 18.8 Å². The molecule has 0 bridgehead atoms. The standard InChI is InChI=1S/C10H15N3O/c1-3-4-11-5-6-13-8-12-9(2)7-10(13)14/h3,7-8,11H,1,4-6H2,2H3. The maximum atomic E-state index is 11.4. The average Bonchev–Trinajstić information content (AvgIpc) is 2.15. The van der Waals surface area contributed by atoms with Gasteiger partial charge in [0.1, 0.15) is 0 Å². The van der Waals surface area contributed by atoms with Crippen LogP contribution in [-0.2, 0) is 6.54 Å². The van der Waals surface area contributed by atoms with E-state index in [0.29, 0.717) is 6.54 Å². The number of nitrogens with zero attached hydrogens (tertiary/aromatic N) is 2. The minimum Gasteiger partial charge on any atom is -0.312 e. The van der Waals surface area contributed by atoms with Gasteiger partial charge in [-0.3, -0.25) is 9.36 Å². The molecule has 0 aliphatic heterocycles. The van der Waals surface area contributed by atoms with Crippen LogP contribution >= 0.6 is 0 Å². The number of hydrogen-bond donors (Lipinski definition) is 1. The van der Waals surface area contributed by atoms with Crippen LogP contribution in [0.25, 0.3) is 0 Å². The molecule has 1 aromatic heterocycles. The molecule has 1 N–H and O–H groups in total. The van der Waals surface area contributed by atoms with Crippen LogP contribution < -0.4 is 10.9 Å². The summed E-state index contributed by atoms with van der Waals surface area (Å²) in [6.45, 7) is 7.54. The van der Waals surface area contributed by atoms with E-state index in [2.05, 4.69) is 16.9 Å². The van der Waals surface area contributed by atoms with Gasteiger partial charge in [0.2, 0.25) is 0 Å². The van der Waals surface area contributed by atoms with Crippen LogP contribution in [0.5, 0.6) is 0 Å². The Morgan fingerprint density at radius 2 is 2.50 bits per heavy atom. The maximum Gasteiger partial charge on any atom is 0.253 e. The van der Waals surface area contributed by atoms with Crippen molar-refractivity contribution in [3.05, 3.63) is 41.1 Å². The fourth-order valence-electron chi connectivity index (χ4n) is 1.09. The summed E-state index contributed by atoms with van der Waals surface area (Å²) < 4.78 is 1.59. The highest BCUT2D eigenvalue weighted by Gasteiger charge is 1.95. The molecular weight excluding hydrogens is 178 g/mol. The maximum absolute atomic E-state index is 11.4. The average molecular weight is 193 g/mol. The molecule has 0 atom stereocenters. The predicted molar refractivity (Wildman–Crippen MR) is 56.3 cm³/mol. The molecule has 0 unspecified atom stereocenters. The van der Waals surface area contributed by atoms with Crippen LogP contribution in [0.15, 0.2) is 29.8 Å². The van der Waals surface area contributed by atoms with Crippen LogP contribution in [0, 0.1) is 6.92 Å². The van der Waals surface area contributed by atoms with Gasteiger partial charge in [0, 0.05) is 31.4 Å². The Labute approximate surface area is 83.3 Å². The molecule has 0 saturated heterocycles. The highest BCUT2D eigenvalue weighted by Crippen LogP contribution is 1.84. The summed E-state index contributed by atoms with van der Waals surface area (Å²) in [5.74, 6) is 0. The zero-order valence-corrected chi connectivity index (χ0v) is 8.36. The van der Waals surface area contributed by atoms with E-state index >= 15 is 0 Å². The molecule has 1 heterocycles. The molecule has 1 rings (SSSR count). The second-order valence-electron chi connectivity index (χ2n) is 3.05. The summed E-state index contributed by atoms with van der Waals surface area (Å²) >= 11 is 0. The molecule has 0 radical (unpaired) electrons. The van der Waals surface area contributed by atoms with Crippen molar-refractivity contribution in [2.75, 3.05) is 13.1 Å². The summed E-state index contributed by atoms with van der Waals surface area (Å²) in [4.78, 5) is 15.4. The van der Waals surface area contributed by atoms with E-state index in [-0.39, 0.29) is 5.56 Å². The molecule has 14 heavy (non-hydrogen) atoms. The van der Waals surface area contributed by atoms with E-state index in [1.165, 1.54) is 6.07 Å². The van der Waals surface area contributed by atoms with Crippen molar-refractivity contribution >= 4 is 0 Å². The van der Waals surface area contributed by atoms with Crippen molar-refractivity contribution < 1.29 is 0 Å². The van der Waals surface area contributed by atoms with Crippen molar-refractivity contribution in [2.24, 2.45) is 0 Å². The first-order chi connectivity index (χ1) is 6.74. The lowest BCUT2D eigenvalue weighted by molar-refractivity contribution is 0.599. The second kappa shape index (κ2) is 5.34. The van der Waals surface area contributed by atoms with Gasteiger partial charge in [-0.2, -0.15) is 0 Å². The Bertz CT molecular complexity index is 357.